The average molecular weight is 814 g/mol. The van der Waals surface area contributed by atoms with E-state index >= 15 is 0 Å². The van der Waals surface area contributed by atoms with Gasteiger partial charge in [-0.3, -0.25) is 13.8 Å². The summed E-state index contributed by atoms with van der Waals surface area (Å²) in [5, 5.41) is 20.8. The van der Waals surface area contributed by atoms with Crippen LogP contribution in [0.25, 0.3) is 23.5 Å². The Balaban J connectivity index is 0.000000160. The average Bonchev–Trinajstić information content (AvgIpc) is 3.93. The van der Waals surface area contributed by atoms with Crippen LogP contribution in [0.2, 0.25) is 0 Å². The van der Waals surface area contributed by atoms with E-state index in [1.165, 1.54) is 29.8 Å². The van der Waals surface area contributed by atoms with E-state index in [4.69, 9.17) is 4.18 Å². The van der Waals surface area contributed by atoms with Crippen molar-refractivity contribution in [3.63, 3.8) is 0 Å². The zero-order chi connectivity index (χ0) is 40.1. The monoisotopic (exact) mass is 813 g/mol. The molecule has 4 atom stereocenters. The largest absolute Gasteiger partial charge is 0.299 e. The van der Waals surface area contributed by atoms with E-state index in [9.17, 15) is 26.8 Å². The van der Waals surface area contributed by atoms with Crippen LogP contribution < -0.4 is 0 Å². The number of nitrogens with zero attached hydrogens (tertiary/aromatic N) is 6. The number of nitrogens with one attached hydrogen (secondary N) is 1. The number of rotatable bonds is 8. The molecular weight excluding hydrogens is 773 g/mol. The van der Waals surface area contributed by atoms with Gasteiger partial charge >= 0.3 is 0 Å². The highest BCUT2D eigenvalue weighted by Gasteiger charge is 2.49. The Morgan fingerprint density at radius 1 is 0.789 bits per heavy atom. The maximum absolute atomic E-state index is 13.3. The summed E-state index contributed by atoms with van der Waals surface area (Å²) < 4.78 is 58.5. The van der Waals surface area contributed by atoms with Crippen molar-refractivity contribution in [2.24, 2.45) is 10.8 Å². The number of ketones is 2. The number of fused-ring (bicyclic) bond motifs is 4. The number of hydrogen-bond acceptors (Lipinski definition) is 10. The van der Waals surface area contributed by atoms with Crippen molar-refractivity contribution >= 4 is 45.6 Å². The molecule has 0 aliphatic heterocycles. The highest BCUT2D eigenvalue weighted by Crippen LogP contribution is 2.52. The Hall–Kier alpha value is -5.06. The molecule has 3 aromatic heterocycles. The van der Waals surface area contributed by atoms with Gasteiger partial charge in [0, 0.05) is 5.25 Å². The fourth-order valence-electron chi connectivity index (χ4n) is 8.90. The third-order valence-electron chi connectivity index (χ3n) is 11.7. The molecular formula is C41H41F2N7O5S2. The summed E-state index contributed by atoms with van der Waals surface area (Å²) in [6.07, 6.45) is 15.1. The molecule has 0 unspecified atom stereocenters. The van der Waals surface area contributed by atoms with Crippen molar-refractivity contribution in [1.29, 1.82) is 0 Å². The Bertz CT molecular complexity index is 2510. The van der Waals surface area contributed by atoms with E-state index in [-0.39, 0.29) is 23.2 Å². The molecule has 0 bridgehead atoms. The Morgan fingerprint density at radius 2 is 1.30 bits per heavy atom. The number of halogens is 2. The van der Waals surface area contributed by atoms with Crippen LogP contribution in [-0.2, 0) is 36.7 Å². The van der Waals surface area contributed by atoms with Gasteiger partial charge in [0.15, 0.2) is 0 Å². The van der Waals surface area contributed by atoms with E-state index in [1.54, 1.807) is 67.0 Å². The number of carbonyl (C=O) groups excluding carboxylic acids is 2. The summed E-state index contributed by atoms with van der Waals surface area (Å²) >= 11 is 1.69. The Morgan fingerprint density at radius 3 is 1.77 bits per heavy atom. The first kappa shape index (κ1) is 38.8. The number of carbonyl (C=O) groups is 2. The first-order valence-corrected chi connectivity index (χ1v) is 21.4. The number of Topliss-reactive ketones (excluding diaryl/α,β-unsaturated/α-hetero) is 2. The quantitative estimate of drug-likeness (QED) is 0.161. The summed E-state index contributed by atoms with van der Waals surface area (Å²) in [5.74, 6) is -0.385. The molecule has 2 aromatic carbocycles. The molecule has 0 saturated heterocycles. The van der Waals surface area contributed by atoms with Gasteiger partial charge in [0.2, 0.25) is 0 Å². The van der Waals surface area contributed by atoms with Crippen LogP contribution in [-0.4, -0.2) is 72.6 Å². The summed E-state index contributed by atoms with van der Waals surface area (Å²) in [6, 6.07) is 12.4. The smallest absolute Gasteiger partial charge is 0.264 e. The lowest BCUT2D eigenvalue weighted by atomic mass is 9.62. The van der Waals surface area contributed by atoms with Gasteiger partial charge in [-0.2, -0.15) is 28.9 Å². The number of aromatic nitrogens is 7. The molecule has 296 valence electrons. The van der Waals surface area contributed by atoms with Gasteiger partial charge in [0.25, 0.3) is 10.1 Å². The number of thioether (sulfide) groups is 1. The number of benzene rings is 2. The van der Waals surface area contributed by atoms with Gasteiger partial charge in [0.1, 0.15) is 28.2 Å². The van der Waals surface area contributed by atoms with Crippen molar-refractivity contribution in [2.45, 2.75) is 81.6 Å². The highest BCUT2D eigenvalue weighted by atomic mass is 32.2. The van der Waals surface area contributed by atoms with Crippen molar-refractivity contribution in [2.75, 3.05) is 6.26 Å². The van der Waals surface area contributed by atoms with E-state index in [0.29, 0.717) is 37.4 Å². The molecule has 16 heteroatoms. The van der Waals surface area contributed by atoms with Crippen molar-refractivity contribution < 1.29 is 31.0 Å². The fraction of sp³-hybridized carbons (Fsp3) is 0.366. The van der Waals surface area contributed by atoms with Crippen LogP contribution in [0.1, 0.15) is 74.9 Å². The van der Waals surface area contributed by atoms with E-state index in [1.807, 2.05) is 17.0 Å². The van der Waals surface area contributed by atoms with Crippen LogP contribution >= 0.6 is 11.8 Å². The predicted octanol–water partition coefficient (Wildman–Crippen LogP) is 7.04. The molecule has 0 spiro atoms. The maximum Gasteiger partial charge on any atom is 0.264 e. The van der Waals surface area contributed by atoms with Gasteiger partial charge in [-0.1, -0.05) is 22.9 Å². The first-order chi connectivity index (χ1) is 27.2. The zero-order valence-corrected chi connectivity index (χ0v) is 33.2. The molecule has 9 rings (SSSR count). The molecule has 3 heterocycles. The lowest BCUT2D eigenvalue weighted by molar-refractivity contribution is -0.127. The minimum absolute atomic E-state index is 0.000679. The third-order valence-corrected chi connectivity index (χ3v) is 13.5. The van der Waals surface area contributed by atoms with Crippen molar-refractivity contribution in [3.8, 4) is 11.4 Å². The van der Waals surface area contributed by atoms with Gasteiger partial charge < -0.3 is 0 Å². The molecule has 57 heavy (non-hydrogen) atoms. The minimum atomic E-state index is -3.59. The Kier molecular flexibility index (Phi) is 10.2. The van der Waals surface area contributed by atoms with Crippen LogP contribution in [0.15, 0.2) is 83.3 Å². The number of hydrogen-bond donors (Lipinski definition) is 1. The van der Waals surface area contributed by atoms with Gasteiger partial charge in [0.05, 0.1) is 64.5 Å². The predicted molar refractivity (Wildman–Crippen MR) is 210 cm³/mol. The molecule has 4 aliphatic rings. The number of aromatic amines is 1. The van der Waals surface area contributed by atoms with Gasteiger partial charge in [-0.25, -0.2) is 18.1 Å². The van der Waals surface area contributed by atoms with E-state index in [0.717, 1.165) is 70.0 Å². The highest BCUT2D eigenvalue weighted by molar-refractivity contribution is 7.99. The normalized spacial score (nSPS) is 23.7. The Labute approximate surface area is 332 Å². The lowest BCUT2D eigenvalue weighted by Gasteiger charge is -2.43. The zero-order valence-electron chi connectivity index (χ0n) is 31.6. The standard InChI is InChI=1S/C21H20FN5OS.C20H21FN2O4S/c1-13(28)21-9-14-11-24-27(17-5-3-16(22)4-6-17)19(14)8-15(21)2-7-18(10-21)29-20-12-23-26-25-20;1-13(24)20-10-14-12-22-23(17-6-4-16(21)5-7-17)19(14)9-15(20)3-8-18(11-20)27-28(2,25)26/h3-6,8,11-12,18H,2,7,9-10H2,1H3,(H,23,25,26);4-7,9,12,18H,3,8,10-11H2,1-2H3/t18-,21+;18-,20-/m01/s1. The minimum Gasteiger partial charge on any atom is -0.299 e. The second kappa shape index (κ2) is 15.0. The summed E-state index contributed by atoms with van der Waals surface area (Å²) in [7, 11) is -3.59. The van der Waals surface area contributed by atoms with E-state index < -0.39 is 27.1 Å². The molecule has 2 saturated carbocycles. The van der Waals surface area contributed by atoms with Crippen LogP contribution in [0.3, 0.4) is 0 Å². The summed E-state index contributed by atoms with van der Waals surface area (Å²) in [5.41, 5.74) is 6.29. The summed E-state index contributed by atoms with van der Waals surface area (Å²) in [4.78, 5) is 25.5. The molecule has 1 N–H and O–H groups in total. The van der Waals surface area contributed by atoms with Crippen LogP contribution in [0, 0.1) is 22.5 Å². The van der Waals surface area contributed by atoms with Crippen LogP contribution in [0.5, 0.6) is 0 Å². The lowest BCUT2D eigenvalue weighted by Crippen LogP contribution is -2.43. The first-order valence-electron chi connectivity index (χ1n) is 18.7. The number of H-pyrrole nitrogens is 1. The second-order valence-corrected chi connectivity index (χ2v) is 18.2. The third kappa shape index (κ3) is 7.57. The number of allylic oxidation sites excluding steroid dienone is 2. The molecule has 0 radical (unpaired) electrons. The van der Waals surface area contributed by atoms with Crippen molar-refractivity contribution in [3.05, 3.63) is 112 Å². The molecule has 0 amide bonds. The van der Waals surface area contributed by atoms with Crippen LogP contribution in [0.4, 0.5) is 8.78 Å². The summed E-state index contributed by atoms with van der Waals surface area (Å²) in [6.45, 7) is 3.25. The maximum atomic E-state index is 13.3. The fourth-order valence-corrected chi connectivity index (χ4v) is 10.7. The molecule has 4 aliphatic carbocycles. The second-order valence-electron chi connectivity index (χ2n) is 15.3. The molecule has 12 nitrogen and oxygen atoms in total. The van der Waals surface area contributed by atoms with Gasteiger partial charge in [-0.05, 0) is 137 Å². The SMILES string of the molecule is CC(=O)[C@]12Cc3cnn(-c4ccc(F)cc4)c3C=C1CC[C@@H](OS(C)(=O)=O)C2.CC(=O)[C@]12Cc3cnn(-c4ccc(F)cc4)c3C=C1CC[C@H](Sc1cn[nH]n1)C2. The molecule has 2 fully saturated rings. The topological polar surface area (TPSA) is 155 Å². The van der Waals surface area contributed by atoms with Crippen molar-refractivity contribution in [1.82, 2.24) is 35.0 Å². The van der Waals surface area contributed by atoms with E-state index in [2.05, 4.69) is 31.7 Å². The van der Waals surface area contributed by atoms with Gasteiger partial charge in [-0.15, -0.1) is 5.10 Å². The molecule has 5 aromatic rings.